The van der Waals surface area contributed by atoms with E-state index in [0.717, 1.165) is 5.56 Å². The summed E-state index contributed by atoms with van der Waals surface area (Å²) in [4.78, 5) is 7.83. The maximum Gasteiger partial charge on any atom is 0.216 e. The smallest absolute Gasteiger partial charge is 0.216 e. The molecule has 0 aliphatic rings. The summed E-state index contributed by atoms with van der Waals surface area (Å²) < 4.78 is 18.7. The molecule has 0 atom stereocenters. The fourth-order valence-corrected chi connectivity index (χ4v) is 2.07. The molecule has 3 rings (SSSR count). The summed E-state index contributed by atoms with van der Waals surface area (Å²) >= 11 is 0. The highest BCUT2D eigenvalue weighted by molar-refractivity contribution is 6.11. The van der Waals surface area contributed by atoms with Crippen LogP contribution in [0.4, 0.5) is 10.2 Å². The third-order valence-electron chi connectivity index (χ3n) is 3.23. The zero-order valence-corrected chi connectivity index (χ0v) is 12.1. The van der Waals surface area contributed by atoms with Gasteiger partial charge in [-0.3, -0.25) is 5.41 Å². The van der Waals surface area contributed by atoms with Crippen LogP contribution in [-0.4, -0.2) is 15.7 Å². The first-order valence-electron chi connectivity index (χ1n) is 6.85. The SMILES string of the molecule is Nc1ncncc1C(=[NH2+])c1ccc(Oc2cccc(F)c2)cc1. The van der Waals surface area contributed by atoms with Crippen molar-refractivity contribution in [2.24, 2.45) is 0 Å². The molecular weight excluding hydrogens is 295 g/mol. The van der Waals surface area contributed by atoms with Gasteiger partial charge in [0, 0.05) is 17.8 Å². The van der Waals surface area contributed by atoms with Crippen LogP contribution >= 0.6 is 0 Å². The van der Waals surface area contributed by atoms with Gasteiger partial charge in [-0.2, -0.15) is 0 Å². The van der Waals surface area contributed by atoms with Crippen molar-refractivity contribution in [1.82, 2.24) is 9.97 Å². The topological polar surface area (TPSA) is 86.6 Å². The van der Waals surface area contributed by atoms with Crippen LogP contribution in [0, 0.1) is 5.82 Å². The summed E-state index contributed by atoms with van der Waals surface area (Å²) in [6, 6.07) is 13.0. The van der Waals surface area contributed by atoms with E-state index in [1.165, 1.54) is 18.5 Å². The quantitative estimate of drug-likeness (QED) is 0.717. The molecule has 0 spiro atoms. The van der Waals surface area contributed by atoms with Crippen molar-refractivity contribution in [1.29, 1.82) is 0 Å². The Balaban J connectivity index is 1.79. The van der Waals surface area contributed by atoms with Crippen LogP contribution in [-0.2, 0) is 0 Å². The number of hydrogen-bond acceptors (Lipinski definition) is 4. The van der Waals surface area contributed by atoms with Crippen molar-refractivity contribution in [3.8, 4) is 11.5 Å². The molecule has 3 aromatic rings. The molecule has 0 bridgehead atoms. The maximum atomic E-state index is 13.1. The molecule has 0 fully saturated rings. The highest BCUT2D eigenvalue weighted by Crippen LogP contribution is 2.23. The molecule has 5 nitrogen and oxygen atoms in total. The van der Waals surface area contributed by atoms with Gasteiger partial charge >= 0.3 is 0 Å². The lowest BCUT2D eigenvalue weighted by molar-refractivity contribution is -0.111. The minimum absolute atomic E-state index is 0.317. The first-order valence-corrected chi connectivity index (χ1v) is 6.85. The van der Waals surface area contributed by atoms with E-state index in [0.29, 0.717) is 28.6 Å². The predicted molar refractivity (Wildman–Crippen MR) is 84.5 cm³/mol. The Kier molecular flexibility index (Phi) is 3.97. The van der Waals surface area contributed by atoms with E-state index in [1.807, 2.05) is 0 Å². The van der Waals surface area contributed by atoms with Gasteiger partial charge in [-0.1, -0.05) is 6.07 Å². The van der Waals surface area contributed by atoms with E-state index in [1.54, 1.807) is 42.6 Å². The Bertz CT molecular complexity index is 849. The lowest BCUT2D eigenvalue weighted by Crippen LogP contribution is -2.41. The summed E-state index contributed by atoms with van der Waals surface area (Å²) in [6.07, 6.45) is 2.93. The molecule has 0 saturated carbocycles. The van der Waals surface area contributed by atoms with Crippen molar-refractivity contribution < 1.29 is 14.5 Å². The number of rotatable bonds is 4. The monoisotopic (exact) mass is 309 g/mol. The molecule has 0 unspecified atom stereocenters. The lowest BCUT2D eigenvalue weighted by atomic mass is 10.0. The van der Waals surface area contributed by atoms with Gasteiger partial charge in [0.2, 0.25) is 5.71 Å². The average molecular weight is 309 g/mol. The fourth-order valence-electron chi connectivity index (χ4n) is 2.07. The Morgan fingerprint density at radius 2 is 1.87 bits per heavy atom. The molecule has 6 heteroatoms. The van der Waals surface area contributed by atoms with Crippen LogP contribution in [0.5, 0.6) is 11.5 Å². The van der Waals surface area contributed by atoms with E-state index < -0.39 is 0 Å². The zero-order valence-electron chi connectivity index (χ0n) is 12.1. The van der Waals surface area contributed by atoms with Crippen LogP contribution in [0.15, 0.2) is 61.1 Å². The van der Waals surface area contributed by atoms with Crippen LogP contribution in [0.25, 0.3) is 0 Å². The molecule has 0 saturated heterocycles. The van der Waals surface area contributed by atoms with Crippen molar-refractivity contribution in [2.75, 3.05) is 5.73 Å². The minimum Gasteiger partial charge on any atom is -0.457 e. The highest BCUT2D eigenvalue weighted by atomic mass is 19.1. The molecule has 23 heavy (non-hydrogen) atoms. The summed E-state index contributed by atoms with van der Waals surface area (Å²) in [5.74, 6) is 0.966. The average Bonchev–Trinajstić information content (AvgIpc) is 2.55. The number of ether oxygens (including phenoxy) is 1. The Morgan fingerprint density at radius 1 is 1.09 bits per heavy atom. The number of benzene rings is 2. The normalized spacial score (nSPS) is 10.3. The second-order valence-corrected chi connectivity index (χ2v) is 4.82. The minimum atomic E-state index is -0.351. The molecule has 0 aliphatic heterocycles. The van der Waals surface area contributed by atoms with E-state index >= 15 is 0 Å². The summed E-state index contributed by atoms with van der Waals surface area (Å²) in [5, 5.41) is 6.11. The largest absolute Gasteiger partial charge is 0.457 e. The van der Waals surface area contributed by atoms with Gasteiger partial charge in [0.15, 0.2) is 0 Å². The summed E-state index contributed by atoms with van der Waals surface area (Å²) in [5.41, 5.74) is 7.60. The lowest BCUT2D eigenvalue weighted by Gasteiger charge is -2.06. The van der Waals surface area contributed by atoms with Gasteiger partial charge in [0.1, 0.15) is 35.0 Å². The molecule has 1 heterocycles. The van der Waals surface area contributed by atoms with Crippen molar-refractivity contribution in [3.63, 3.8) is 0 Å². The highest BCUT2D eigenvalue weighted by Gasteiger charge is 2.15. The number of nitrogen functional groups attached to an aromatic ring is 1. The fraction of sp³-hybridized carbons (Fsp3) is 0. The van der Waals surface area contributed by atoms with Crippen LogP contribution in [0.1, 0.15) is 11.1 Å². The van der Waals surface area contributed by atoms with Crippen LogP contribution < -0.4 is 15.9 Å². The molecule has 2 aromatic carbocycles. The standard InChI is InChI=1S/C17H13FN4O/c18-12-2-1-3-14(8-12)23-13-6-4-11(5-7-13)16(19)15-9-21-10-22-17(15)20/h1-10,19H,(H2,20,21,22)/p+1. The Labute approximate surface area is 132 Å². The number of nitrogens with zero attached hydrogens (tertiary/aromatic N) is 2. The van der Waals surface area contributed by atoms with Crippen molar-refractivity contribution in [2.45, 2.75) is 0 Å². The maximum absolute atomic E-state index is 13.1. The van der Waals surface area contributed by atoms with Gasteiger partial charge in [-0.15, -0.1) is 0 Å². The van der Waals surface area contributed by atoms with Gasteiger partial charge in [0.05, 0.1) is 0 Å². The molecule has 0 aliphatic carbocycles. The first kappa shape index (κ1) is 14.6. The van der Waals surface area contributed by atoms with Gasteiger partial charge in [-0.05, 0) is 36.4 Å². The Hall–Kier alpha value is -3.28. The van der Waals surface area contributed by atoms with Crippen molar-refractivity contribution in [3.05, 3.63) is 78.0 Å². The molecule has 0 radical (unpaired) electrons. The third kappa shape index (κ3) is 3.32. The van der Waals surface area contributed by atoms with E-state index in [2.05, 4.69) is 9.97 Å². The van der Waals surface area contributed by atoms with Crippen LogP contribution in [0.2, 0.25) is 0 Å². The summed E-state index contributed by atoms with van der Waals surface area (Å²) in [7, 11) is 0. The molecular formula is C17H14FN4O+. The van der Waals surface area contributed by atoms with Crippen LogP contribution in [0.3, 0.4) is 0 Å². The molecule has 114 valence electrons. The van der Waals surface area contributed by atoms with Gasteiger partial charge in [0.25, 0.3) is 0 Å². The Morgan fingerprint density at radius 3 is 2.57 bits per heavy atom. The van der Waals surface area contributed by atoms with Gasteiger partial charge in [-0.25, -0.2) is 14.4 Å². The number of hydrogen-bond donors (Lipinski definition) is 2. The second kappa shape index (κ2) is 6.23. The zero-order chi connectivity index (χ0) is 16.2. The second-order valence-electron chi connectivity index (χ2n) is 4.82. The van der Waals surface area contributed by atoms with Crippen molar-refractivity contribution >= 4 is 11.5 Å². The predicted octanol–water partition coefficient (Wildman–Crippen LogP) is 1.59. The number of halogens is 1. The number of aromatic nitrogens is 2. The summed E-state index contributed by atoms with van der Waals surface area (Å²) in [6.45, 7) is 0. The molecule has 4 N–H and O–H groups in total. The van der Waals surface area contributed by atoms with E-state index in [4.69, 9.17) is 15.9 Å². The number of anilines is 1. The molecule has 1 aromatic heterocycles. The first-order chi connectivity index (χ1) is 11.1. The number of nitrogens with two attached hydrogens (primary N) is 2. The van der Waals surface area contributed by atoms with E-state index in [-0.39, 0.29) is 5.82 Å². The van der Waals surface area contributed by atoms with Gasteiger partial charge < -0.3 is 10.5 Å². The molecule has 0 amide bonds. The third-order valence-corrected chi connectivity index (χ3v) is 3.23. The van der Waals surface area contributed by atoms with E-state index in [9.17, 15) is 4.39 Å².